The van der Waals surface area contributed by atoms with Crippen LogP contribution in [0, 0.1) is 0 Å². The summed E-state index contributed by atoms with van der Waals surface area (Å²) in [6, 6.07) is 27.8. The zero-order valence-electron chi connectivity index (χ0n) is 16.8. The van der Waals surface area contributed by atoms with E-state index in [2.05, 4.69) is 24.3 Å². The lowest BCUT2D eigenvalue weighted by Gasteiger charge is -2.19. The highest BCUT2D eigenvalue weighted by atomic mass is 35.5. The van der Waals surface area contributed by atoms with Crippen molar-refractivity contribution in [2.45, 2.75) is 13.1 Å². The van der Waals surface area contributed by atoms with Crippen molar-refractivity contribution in [2.24, 2.45) is 5.73 Å². The van der Waals surface area contributed by atoms with Crippen LogP contribution < -0.4 is 5.73 Å². The van der Waals surface area contributed by atoms with Gasteiger partial charge in [0.05, 0.1) is 0 Å². The summed E-state index contributed by atoms with van der Waals surface area (Å²) in [5.41, 5.74) is 10.8. The molecule has 0 aliphatic rings. The predicted octanol–water partition coefficient (Wildman–Crippen LogP) is 5.89. The maximum absolute atomic E-state index is 13.0. The van der Waals surface area contributed by atoms with Gasteiger partial charge >= 0.3 is 0 Å². The van der Waals surface area contributed by atoms with Crippen molar-refractivity contribution in [2.75, 3.05) is 7.05 Å². The number of amides is 1. The third kappa shape index (κ3) is 4.23. The highest BCUT2D eigenvalue weighted by Crippen LogP contribution is 2.24. The SMILES string of the molecule is CN(Cc1cccc2cc(CN)ccc12)C(=O)c1ccc(-c2ccc(Cl)cc2)cc1. The Hall–Kier alpha value is -3.14. The molecule has 0 fully saturated rings. The molecule has 0 saturated heterocycles. The number of nitrogens with zero attached hydrogens (tertiary/aromatic N) is 1. The van der Waals surface area contributed by atoms with Crippen molar-refractivity contribution in [3.63, 3.8) is 0 Å². The van der Waals surface area contributed by atoms with Crippen LogP contribution in [0.5, 0.6) is 0 Å². The van der Waals surface area contributed by atoms with E-state index in [9.17, 15) is 4.79 Å². The first-order valence-electron chi connectivity index (χ1n) is 9.87. The number of halogens is 1. The second kappa shape index (κ2) is 8.70. The van der Waals surface area contributed by atoms with E-state index in [4.69, 9.17) is 17.3 Å². The molecular formula is C26H23ClN2O. The summed E-state index contributed by atoms with van der Waals surface area (Å²) in [7, 11) is 1.84. The number of benzene rings is 4. The van der Waals surface area contributed by atoms with Crippen LogP contribution in [0.2, 0.25) is 5.02 Å². The lowest BCUT2D eigenvalue weighted by atomic mass is 10.0. The molecule has 0 aromatic heterocycles. The van der Waals surface area contributed by atoms with Crippen molar-refractivity contribution < 1.29 is 4.79 Å². The molecule has 4 rings (SSSR count). The highest BCUT2D eigenvalue weighted by molar-refractivity contribution is 6.30. The molecule has 0 aliphatic heterocycles. The molecule has 0 radical (unpaired) electrons. The summed E-state index contributed by atoms with van der Waals surface area (Å²) in [6.45, 7) is 1.06. The molecule has 0 spiro atoms. The summed E-state index contributed by atoms with van der Waals surface area (Å²) in [5.74, 6) is -0.00626. The fraction of sp³-hybridized carbons (Fsp3) is 0.115. The topological polar surface area (TPSA) is 46.3 Å². The summed E-state index contributed by atoms with van der Waals surface area (Å²) >= 11 is 5.96. The van der Waals surface area contributed by atoms with Crippen LogP contribution in [0.1, 0.15) is 21.5 Å². The Labute approximate surface area is 181 Å². The molecular weight excluding hydrogens is 392 g/mol. The van der Waals surface area contributed by atoms with E-state index in [1.165, 1.54) is 0 Å². The summed E-state index contributed by atoms with van der Waals surface area (Å²) in [5, 5.41) is 3.00. The normalized spacial score (nSPS) is 10.9. The van der Waals surface area contributed by atoms with Crippen LogP contribution in [0.25, 0.3) is 21.9 Å². The van der Waals surface area contributed by atoms with Gasteiger partial charge in [0, 0.05) is 30.7 Å². The quantitative estimate of drug-likeness (QED) is 0.442. The lowest BCUT2D eigenvalue weighted by Crippen LogP contribution is -2.26. The van der Waals surface area contributed by atoms with Crippen molar-refractivity contribution in [3.05, 3.63) is 107 Å². The number of fused-ring (bicyclic) bond motifs is 1. The van der Waals surface area contributed by atoms with Crippen LogP contribution in [0.15, 0.2) is 84.9 Å². The first-order valence-corrected chi connectivity index (χ1v) is 10.2. The molecule has 0 unspecified atom stereocenters. The van der Waals surface area contributed by atoms with Gasteiger partial charge in [0.1, 0.15) is 0 Å². The third-order valence-corrected chi connectivity index (χ3v) is 5.59. The monoisotopic (exact) mass is 414 g/mol. The van der Waals surface area contributed by atoms with E-state index in [1.807, 2.05) is 67.7 Å². The van der Waals surface area contributed by atoms with Crippen LogP contribution in [-0.2, 0) is 13.1 Å². The first kappa shape index (κ1) is 20.1. The van der Waals surface area contributed by atoms with Gasteiger partial charge in [-0.05, 0) is 63.4 Å². The number of hydrogen-bond acceptors (Lipinski definition) is 2. The van der Waals surface area contributed by atoms with Gasteiger partial charge in [0.2, 0.25) is 0 Å². The molecule has 4 aromatic rings. The van der Waals surface area contributed by atoms with E-state index < -0.39 is 0 Å². The van der Waals surface area contributed by atoms with Crippen molar-refractivity contribution in [1.29, 1.82) is 0 Å². The van der Waals surface area contributed by atoms with Gasteiger partial charge < -0.3 is 10.6 Å². The summed E-state index contributed by atoms with van der Waals surface area (Å²) in [4.78, 5) is 14.7. The zero-order chi connectivity index (χ0) is 21.1. The minimum atomic E-state index is -0.00626. The fourth-order valence-electron chi connectivity index (χ4n) is 3.66. The second-order valence-electron chi connectivity index (χ2n) is 7.42. The second-order valence-corrected chi connectivity index (χ2v) is 7.86. The van der Waals surface area contributed by atoms with Gasteiger partial charge in [-0.2, -0.15) is 0 Å². The van der Waals surface area contributed by atoms with Crippen molar-refractivity contribution >= 4 is 28.3 Å². The van der Waals surface area contributed by atoms with Gasteiger partial charge in [-0.15, -0.1) is 0 Å². The Morgan fingerprint density at radius 1 is 0.900 bits per heavy atom. The van der Waals surface area contributed by atoms with E-state index >= 15 is 0 Å². The minimum absolute atomic E-state index is 0.00626. The molecule has 0 bridgehead atoms. The minimum Gasteiger partial charge on any atom is -0.337 e. The number of nitrogens with two attached hydrogens (primary N) is 1. The van der Waals surface area contributed by atoms with E-state index in [0.29, 0.717) is 23.7 Å². The fourth-order valence-corrected chi connectivity index (χ4v) is 3.79. The predicted molar refractivity (Wildman–Crippen MR) is 125 cm³/mol. The van der Waals surface area contributed by atoms with Gasteiger partial charge in [-0.25, -0.2) is 0 Å². The van der Waals surface area contributed by atoms with Crippen molar-refractivity contribution in [3.8, 4) is 11.1 Å². The molecule has 2 N–H and O–H groups in total. The number of carbonyl (C=O) groups excluding carboxylic acids is 1. The molecule has 4 heteroatoms. The Morgan fingerprint density at radius 2 is 1.57 bits per heavy atom. The van der Waals surface area contributed by atoms with E-state index in [0.717, 1.165) is 33.0 Å². The molecule has 3 nitrogen and oxygen atoms in total. The molecule has 1 amide bonds. The number of rotatable bonds is 5. The molecule has 0 heterocycles. The summed E-state index contributed by atoms with van der Waals surface area (Å²) < 4.78 is 0. The van der Waals surface area contributed by atoms with Gasteiger partial charge in [-0.3, -0.25) is 4.79 Å². The Balaban J connectivity index is 1.52. The molecule has 4 aromatic carbocycles. The Bertz CT molecular complexity index is 1180. The lowest BCUT2D eigenvalue weighted by molar-refractivity contribution is 0.0785. The first-order chi connectivity index (χ1) is 14.5. The van der Waals surface area contributed by atoms with Crippen molar-refractivity contribution in [1.82, 2.24) is 4.90 Å². The Kier molecular flexibility index (Phi) is 5.84. The standard InChI is InChI=1S/C26H23ClN2O/c1-29(17-23-4-2-3-22-15-18(16-28)5-14-25(22)23)26(30)21-8-6-19(7-9-21)20-10-12-24(27)13-11-20/h2-15H,16-17,28H2,1H3. The average molecular weight is 415 g/mol. The van der Waals surface area contributed by atoms with E-state index in [1.54, 1.807) is 4.90 Å². The highest BCUT2D eigenvalue weighted by Gasteiger charge is 2.14. The molecule has 150 valence electrons. The van der Waals surface area contributed by atoms with Gasteiger partial charge in [-0.1, -0.05) is 66.2 Å². The molecule has 0 aliphatic carbocycles. The maximum atomic E-state index is 13.0. The number of carbonyl (C=O) groups is 1. The van der Waals surface area contributed by atoms with Crippen LogP contribution in [-0.4, -0.2) is 17.9 Å². The number of hydrogen-bond donors (Lipinski definition) is 1. The molecule has 30 heavy (non-hydrogen) atoms. The molecule has 0 saturated carbocycles. The van der Waals surface area contributed by atoms with Crippen LogP contribution >= 0.6 is 11.6 Å². The average Bonchev–Trinajstić information content (AvgIpc) is 2.79. The van der Waals surface area contributed by atoms with Gasteiger partial charge in [0.25, 0.3) is 5.91 Å². The smallest absolute Gasteiger partial charge is 0.253 e. The van der Waals surface area contributed by atoms with Crippen LogP contribution in [0.4, 0.5) is 0 Å². The maximum Gasteiger partial charge on any atom is 0.253 e. The van der Waals surface area contributed by atoms with E-state index in [-0.39, 0.29) is 5.91 Å². The third-order valence-electron chi connectivity index (χ3n) is 5.33. The van der Waals surface area contributed by atoms with Crippen LogP contribution in [0.3, 0.4) is 0 Å². The molecule has 0 atom stereocenters. The van der Waals surface area contributed by atoms with Gasteiger partial charge in [0.15, 0.2) is 0 Å². The zero-order valence-corrected chi connectivity index (χ0v) is 17.6. The Morgan fingerprint density at radius 3 is 2.23 bits per heavy atom. The summed E-state index contributed by atoms with van der Waals surface area (Å²) in [6.07, 6.45) is 0. The largest absolute Gasteiger partial charge is 0.337 e.